The number of carbonyl (C=O) groups excluding carboxylic acids is 3. The maximum Gasteiger partial charge on any atom is 0.408 e. The minimum absolute atomic E-state index is 0.124. The number of rotatable bonds is 13. The van der Waals surface area contributed by atoms with Gasteiger partial charge in [0.2, 0.25) is 5.91 Å². The van der Waals surface area contributed by atoms with Crippen LogP contribution >= 0.6 is 0 Å². The lowest BCUT2D eigenvalue weighted by molar-refractivity contribution is -0.143. The molecule has 0 aromatic heterocycles. The van der Waals surface area contributed by atoms with Gasteiger partial charge < -0.3 is 30.1 Å². The van der Waals surface area contributed by atoms with Crippen molar-refractivity contribution in [2.75, 3.05) is 19.6 Å². The highest BCUT2D eigenvalue weighted by Gasteiger charge is 2.28. The van der Waals surface area contributed by atoms with Gasteiger partial charge in [0.15, 0.2) is 0 Å². The Bertz CT molecular complexity index is 824. The standard InChI is InChI=1S/C25H39N3O7/c1-6-10-18(2)16-28(14-13-26-23(32)34-17-19-11-8-7-9-12-19)21(29)15-20(22(30)31)27-24(33)35-25(3,4)5/h7-9,11-12,18,20H,6,10,13-17H2,1-5H3,(H,26,32)(H,27,33)(H,30,31). The zero-order valence-corrected chi connectivity index (χ0v) is 21.3. The molecule has 2 unspecified atom stereocenters. The van der Waals surface area contributed by atoms with E-state index in [4.69, 9.17) is 9.47 Å². The quantitative estimate of drug-likeness (QED) is 0.382. The van der Waals surface area contributed by atoms with E-state index in [-0.39, 0.29) is 25.6 Å². The fraction of sp³-hybridized carbons (Fsp3) is 0.600. The highest BCUT2D eigenvalue weighted by atomic mass is 16.6. The van der Waals surface area contributed by atoms with Crippen molar-refractivity contribution in [3.8, 4) is 0 Å². The van der Waals surface area contributed by atoms with Crippen LogP contribution in [0.2, 0.25) is 0 Å². The Kier molecular flexibility index (Phi) is 12.6. The van der Waals surface area contributed by atoms with Crippen molar-refractivity contribution in [2.45, 2.75) is 72.1 Å². The molecule has 10 heteroatoms. The third-order valence-corrected chi connectivity index (χ3v) is 4.90. The highest BCUT2D eigenvalue weighted by molar-refractivity contribution is 5.87. The largest absolute Gasteiger partial charge is 0.480 e. The second-order valence-electron chi connectivity index (χ2n) is 9.46. The van der Waals surface area contributed by atoms with Crippen molar-refractivity contribution in [1.29, 1.82) is 0 Å². The molecule has 3 N–H and O–H groups in total. The molecule has 0 spiro atoms. The molecular formula is C25H39N3O7. The topological polar surface area (TPSA) is 134 Å². The summed E-state index contributed by atoms with van der Waals surface area (Å²) in [4.78, 5) is 50.2. The zero-order valence-electron chi connectivity index (χ0n) is 21.3. The molecule has 0 aliphatic rings. The minimum atomic E-state index is -1.44. The maximum absolute atomic E-state index is 13.0. The van der Waals surface area contributed by atoms with Gasteiger partial charge in [-0.25, -0.2) is 14.4 Å². The molecule has 1 aromatic carbocycles. The summed E-state index contributed by atoms with van der Waals surface area (Å²) in [6.07, 6.45) is -0.143. The summed E-state index contributed by atoms with van der Waals surface area (Å²) in [5, 5.41) is 14.4. The molecule has 0 saturated heterocycles. The Morgan fingerprint density at radius 1 is 1.09 bits per heavy atom. The van der Waals surface area contributed by atoms with E-state index in [9.17, 15) is 24.3 Å². The number of carbonyl (C=O) groups is 4. The van der Waals surface area contributed by atoms with E-state index in [1.807, 2.05) is 44.2 Å². The molecule has 1 aromatic rings. The summed E-state index contributed by atoms with van der Waals surface area (Å²) in [7, 11) is 0. The molecule has 0 radical (unpaired) electrons. The molecule has 0 heterocycles. The first-order valence-electron chi connectivity index (χ1n) is 11.9. The van der Waals surface area contributed by atoms with Gasteiger partial charge in [-0.15, -0.1) is 0 Å². The number of hydrogen-bond donors (Lipinski definition) is 3. The molecule has 0 aliphatic heterocycles. The molecule has 3 amide bonds. The fourth-order valence-electron chi connectivity index (χ4n) is 3.30. The van der Waals surface area contributed by atoms with Gasteiger partial charge in [0.1, 0.15) is 18.2 Å². The molecule has 0 fully saturated rings. The van der Waals surface area contributed by atoms with E-state index < -0.39 is 42.1 Å². The molecular weight excluding hydrogens is 454 g/mol. The fourth-order valence-corrected chi connectivity index (χ4v) is 3.30. The number of nitrogens with zero attached hydrogens (tertiary/aromatic N) is 1. The van der Waals surface area contributed by atoms with Crippen LogP contribution in [0.25, 0.3) is 0 Å². The molecule has 35 heavy (non-hydrogen) atoms. The number of hydrogen-bond acceptors (Lipinski definition) is 6. The summed E-state index contributed by atoms with van der Waals surface area (Å²) >= 11 is 0. The average molecular weight is 494 g/mol. The number of carboxylic acid groups (broad SMARTS) is 1. The van der Waals surface area contributed by atoms with Crippen molar-refractivity contribution in [2.24, 2.45) is 5.92 Å². The molecule has 10 nitrogen and oxygen atoms in total. The van der Waals surface area contributed by atoms with Crippen LogP contribution in [0, 0.1) is 5.92 Å². The number of carboxylic acids is 1. The van der Waals surface area contributed by atoms with Crippen molar-refractivity contribution in [3.63, 3.8) is 0 Å². The first-order chi connectivity index (χ1) is 16.4. The maximum atomic E-state index is 13.0. The van der Waals surface area contributed by atoms with Gasteiger partial charge in [-0.1, -0.05) is 50.6 Å². The lowest BCUT2D eigenvalue weighted by Crippen LogP contribution is -2.48. The van der Waals surface area contributed by atoms with Crippen molar-refractivity contribution < 1.29 is 33.8 Å². The van der Waals surface area contributed by atoms with Crippen LogP contribution in [0.1, 0.15) is 59.4 Å². The lowest BCUT2D eigenvalue weighted by Gasteiger charge is -2.28. The summed E-state index contributed by atoms with van der Waals surface area (Å²) in [6, 6.07) is 7.80. The Morgan fingerprint density at radius 3 is 2.31 bits per heavy atom. The Morgan fingerprint density at radius 2 is 1.74 bits per heavy atom. The molecule has 2 atom stereocenters. The molecule has 0 saturated carbocycles. The number of alkyl carbamates (subject to hydrolysis) is 2. The molecule has 196 valence electrons. The van der Waals surface area contributed by atoms with Crippen LogP contribution < -0.4 is 10.6 Å². The van der Waals surface area contributed by atoms with Gasteiger partial charge >= 0.3 is 18.2 Å². The van der Waals surface area contributed by atoms with Crippen LogP contribution in [0.15, 0.2) is 30.3 Å². The highest BCUT2D eigenvalue weighted by Crippen LogP contribution is 2.11. The number of aliphatic carboxylic acids is 1. The van der Waals surface area contributed by atoms with Crippen LogP contribution in [0.5, 0.6) is 0 Å². The third kappa shape index (κ3) is 13.2. The molecule has 0 bridgehead atoms. The predicted molar refractivity (Wildman–Crippen MR) is 131 cm³/mol. The van der Waals surface area contributed by atoms with Crippen molar-refractivity contribution in [3.05, 3.63) is 35.9 Å². The van der Waals surface area contributed by atoms with Gasteiger partial charge in [0, 0.05) is 19.6 Å². The smallest absolute Gasteiger partial charge is 0.408 e. The Hall–Kier alpha value is -3.30. The number of benzene rings is 1. The van der Waals surface area contributed by atoms with E-state index in [2.05, 4.69) is 10.6 Å². The summed E-state index contributed by atoms with van der Waals surface area (Å²) in [5.74, 6) is -1.61. The van der Waals surface area contributed by atoms with Gasteiger partial charge in [-0.05, 0) is 38.7 Å². The van der Waals surface area contributed by atoms with Crippen LogP contribution in [0.4, 0.5) is 9.59 Å². The average Bonchev–Trinajstić information content (AvgIpc) is 2.76. The molecule has 0 aliphatic carbocycles. The Labute approximate surface area is 207 Å². The van der Waals surface area contributed by atoms with Crippen LogP contribution in [-0.2, 0) is 25.7 Å². The van der Waals surface area contributed by atoms with Gasteiger partial charge in [-0.3, -0.25) is 4.79 Å². The first kappa shape index (κ1) is 29.7. The monoisotopic (exact) mass is 493 g/mol. The number of ether oxygens (including phenoxy) is 2. The van der Waals surface area contributed by atoms with Gasteiger partial charge in [0.05, 0.1) is 6.42 Å². The van der Waals surface area contributed by atoms with Crippen LogP contribution in [0.3, 0.4) is 0 Å². The van der Waals surface area contributed by atoms with Crippen LogP contribution in [-0.4, -0.2) is 65.3 Å². The summed E-state index contributed by atoms with van der Waals surface area (Å²) < 4.78 is 10.3. The second kappa shape index (κ2) is 14.9. The molecule has 1 rings (SSSR count). The number of amides is 3. The van der Waals surface area contributed by atoms with Gasteiger partial charge in [-0.2, -0.15) is 0 Å². The first-order valence-corrected chi connectivity index (χ1v) is 11.9. The van der Waals surface area contributed by atoms with E-state index in [0.717, 1.165) is 18.4 Å². The summed E-state index contributed by atoms with van der Waals surface area (Å²) in [5.41, 5.74) is 0.0459. The van der Waals surface area contributed by atoms with E-state index in [0.29, 0.717) is 6.54 Å². The van der Waals surface area contributed by atoms with E-state index in [1.165, 1.54) is 4.90 Å². The normalized spacial score (nSPS) is 12.7. The van der Waals surface area contributed by atoms with Crippen molar-refractivity contribution in [1.82, 2.24) is 15.5 Å². The second-order valence-corrected chi connectivity index (χ2v) is 9.46. The number of nitrogens with one attached hydrogen (secondary N) is 2. The van der Waals surface area contributed by atoms with E-state index in [1.54, 1.807) is 20.8 Å². The minimum Gasteiger partial charge on any atom is -0.480 e. The SMILES string of the molecule is CCCC(C)CN(CCNC(=O)OCc1ccccc1)C(=O)CC(NC(=O)OC(C)(C)C)C(=O)O. The summed E-state index contributed by atoms with van der Waals surface area (Å²) in [6.45, 7) is 9.83. The zero-order chi connectivity index (χ0) is 26.4. The van der Waals surface area contributed by atoms with E-state index >= 15 is 0 Å². The van der Waals surface area contributed by atoms with Crippen molar-refractivity contribution >= 4 is 24.1 Å². The van der Waals surface area contributed by atoms with Gasteiger partial charge in [0.25, 0.3) is 0 Å². The third-order valence-electron chi connectivity index (χ3n) is 4.90. The lowest BCUT2D eigenvalue weighted by atomic mass is 10.0. The Balaban J connectivity index is 2.69. The predicted octanol–water partition coefficient (Wildman–Crippen LogP) is 3.55.